The van der Waals surface area contributed by atoms with Crippen molar-refractivity contribution >= 4 is 11.8 Å². The van der Waals surface area contributed by atoms with E-state index in [0.29, 0.717) is 13.0 Å². The molecule has 0 amide bonds. The predicted octanol–water partition coefficient (Wildman–Crippen LogP) is 2.99. The molecule has 0 radical (unpaired) electrons. The van der Waals surface area contributed by atoms with Crippen molar-refractivity contribution in [1.82, 2.24) is 4.98 Å². The zero-order chi connectivity index (χ0) is 14.8. The number of pyridine rings is 1. The molecule has 0 fully saturated rings. The minimum Gasteiger partial charge on any atom is -0.493 e. The van der Waals surface area contributed by atoms with E-state index in [1.165, 1.54) is 4.90 Å². The normalized spacial score (nSPS) is 9.76. The molecule has 0 saturated carbocycles. The molecular formula is C17H17NO2S. The molecule has 0 aliphatic carbocycles. The number of nitrogens with zero attached hydrogens (tertiary/aromatic N) is 1. The van der Waals surface area contributed by atoms with Gasteiger partial charge in [-0.25, -0.2) is 0 Å². The van der Waals surface area contributed by atoms with E-state index in [1.807, 2.05) is 36.4 Å². The van der Waals surface area contributed by atoms with Gasteiger partial charge in [0.1, 0.15) is 5.75 Å². The lowest BCUT2D eigenvalue weighted by Gasteiger charge is -2.06. The third-order valence-corrected chi connectivity index (χ3v) is 3.57. The van der Waals surface area contributed by atoms with Gasteiger partial charge in [-0.15, -0.1) is 11.8 Å². The van der Waals surface area contributed by atoms with Crippen molar-refractivity contribution in [3.63, 3.8) is 0 Å². The van der Waals surface area contributed by atoms with E-state index in [0.717, 1.165) is 17.1 Å². The van der Waals surface area contributed by atoms with Crippen LogP contribution in [0.4, 0.5) is 0 Å². The van der Waals surface area contributed by atoms with Crippen LogP contribution in [0.25, 0.3) is 0 Å². The molecule has 1 aromatic heterocycles. The maximum atomic E-state index is 8.66. The maximum Gasteiger partial charge on any atom is 0.119 e. The fourth-order valence-electron chi connectivity index (χ4n) is 1.61. The van der Waals surface area contributed by atoms with Crippen LogP contribution in [-0.4, -0.2) is 29.1 Å². The largest absolute Gasteiger partial charge is 0.493 e. The Labute approximate surface area is 129 Å². The molecule has 21 heavy (non-hydrogen) atoms. The summed E-state index contributed by atoms with van der Waals surface area (Å²) in [5, 5.41) is 8.66. The quantitative estimate of drug-likeness (QED) is 0.506. The first-order valence-corrected chi connectivity index (χ1v) is 7.72. The van der Waals surface area contributed by atoms with Crippen molar-refractivity contribution in [2.45, 2.75) is 11.3 Å². The Morgan fingerprint density at radius 1 is 1.10 bits per heavy atom. The van der Waals surface area contributed by atoms with Gasteiger partial charge in [0.15, 0.2) is 0 Å². The number of aromatic nitrogens is 1. The molecule has 1 N–H and O–H groups in total. The number of hydrogen-bond donors (Lipinski definition) is 1. The van der Waals surface area contributed by atoms with E-state index in [9.17, 15) is 0 Å². The van der Waals surface area contributed by atoms with Gasteiger partial charge in [0, 0.05) is 35.0 Å². The van der Waals surface area contributed by atoms with E-state index in [-0.39, 0.29) is 6.61 Å². The smallest absolute Gasteiger partial charge is 0.119 e. The van der Waals surface area contributed by atoms with E-state index in [1.54, 1.807) is 24.2 Å². The van der Waals surface area contributed by atoms with Crippen molar-refractivity contribution in [3.05, 3.63) is 54.4 Å². The first-order chi connectivity index (χ1) is 10.4. The molecular weight excluding hydrogens is 282 g/mol. The Balaban J connectivity index is 1.73. The average molecular weight is 299 g/mol. The standard InChI is InChI=1S/C17H17NO2S/c19-12-2-1-3-15-4-6-16(7-5-15)20-13-14-21-17-8-10-18-11-9-17/h4-11,19H,2,12-14H2. The van der Waals surface area contributed by atoms with Crippen LogP contribution in [0.5, 0.6) is 5.75 Å². The molecule has 2 rings (SSSR count). The lowest BCUT2D eigenvalue weighted by molar-refractivity contribution is 0.305. The van der Waals surface area contributed by atoms with Crippen molar-refractivity contribution in [2.75, 3.05) is 19.0 Å². The third-order valence-electron chi connectivity index (χ3n) is 2.59. The molecule has 3 nitrogen and oxygen atoms in total. The fraction of sp³-hybridized carbons (Fsp3) is 0.235. The number of rotatable bonds is 6. The Morgan fingerprint density at radius 2 is 1.86 bits per heavy atom. The molecule has 0 unspecified atom stereocenters. The second-order valence-electron chi connectivity index (χ2n) is 4.18. The summed E-state index contributed by atoms with van der Waals surface area (Å²) in [7, 11) is 0. The molecule has 0 spiro atoms. The second kappa shape index (κ2) is 9.06. The molecule has 1 aromatic carbocycles. The summed E-state index contributed by atoms with van der Waals surface area (Å²) in [5.41, 5.74) is 0.932. The number of benzene rings is 1. The van der Waals surface area contributed by atoms with Gasteiger partial charge in [0.25, 0.3) is 0 Å². The molecule has 0 aliphatic heterocycles. The summed E-state index contributed by atoms with van der Waals surface area (Å²) < 4.78 is 5.68. The molecule has 108 valence electrons. The number of thioether (sulfide) groups is 1. The molecule has 1 heterocycles. The van der Waals surface area contributed by atoms with E-state index in [4.69, 9.17) is 9.84 Å². The van der Waals surface area contributed by atoms with Gasteiger partial charge in [0.2, 0.25) is 0 Å². The van der Waals surface area contributed by atoms with E-state index >= 15 is 0 Å². The van der Waals surface area contributed by atoms with Crippen LogP contribution in [0.2, 0.25) is 0 Å². The highest BCUT2D eigenvalue weighted by Gasteiger charge is 1.96. The van der Waals surface area contributed by atoms with Gasteiger partial charge in [-0.1, -0.05) is 11.8 Å². The van der Waals surface area contributed by atoms with Crippen LogP contribution in [0.15, 0.2) is 53.7 Å². The van der Waals surface area contributed by atoms with Crippen LogP contribution >= 0.6 is 11.8 Å². The Kier molecular flexibility index (Phi) is 6.66. The summed E-state index contributed by atoms with van der Waals surface area (Å²) >= 11 is 1.75. The number of hydrogen-bond acceptors (Lipinski definition) is 4. The van der Waals surface area contributed by atoms with Crippen molar-refractivity contribution in [3.8, 4) is 17.6 Å². The van der Waals surface area contributed by atoms with Crippen LogP contribution in [0.3, 0.4) is 0 Å². The Morgan fingerprint density at radius 3 is 2.57 bits per heavy atom. The highest BCUT2D eigenvalue weighted by molar-refractivity contribution is 7.99. The fourth-order valence-corrected chi connectivity index (χ4v) is 2.32. The van der Waals surface area contributed by atoms with Crippen LogP contribution < -0.4 is 4.74 Å². The minimum absolute atomic E-state index is 0.101. The van der Waals surface area contributed by atoms with Gasteiger partial charge < -0.3 is 9.84 Å². The van der Waals surface area contributed by atoms with Gasteiger partial charge in [-0.3, -0.25) is 4.98 Å². The van der Waals surface area contributed by atoms with Gasteiger partial charge in [-0.2, -0.15) is 0 Å². The topological polar surface area (TPSA) is 42.4 Å². The summed E-state index contributed by atoms with van der Waals surface area (Å²) in [4.78, 5) is 5.18. The predicted molar refractivity (Wildman–Crippen MR) is 85.5 cm³/mol. The van der Waals surface area contributed by atoms with Gasteiger partial charge >= 0.3 is 0 Å². The first kappa shape index (κ1) is 15.4. The molecule has 4 heteroatoms. The van der Waals surface area contributed by atoms with Crippen LogP contribution in [0.1, 0.15) is 12.0 Å². The highest BCUT2D eigenvalue weighted by Crippen LogP contribution is 2.17. The van der Waals surface area contributed by atoms with Gasteiger partial charge in [-0.05, 0) is 36.4 Å². The number of aliphatic hydroxyl groups is 1. The third kappa shape index (κ3) is 5.90. The van der Waals surface area contributed by atoms with E-state index < -0.39 is 0 Å². The summed E-state index contributed by atoms with van der Waals surface area (Å²) in [5.74, 6) is 7.61. The summed E-state index contributed by atoms with van der Waals surface area (Å²) in [6.07, 6.45) is 4.09. The highest BCUT2D eigenvalue weighted by atomic mass is 32.2. The van der Waals surface area contributed by atoms with Crippen molar-refractivity contribution in [2.24, 2.45) is 0 Å². The first-order valence-electron chi connectivity index (χ1n) is 6.74. The molecule has 0 atom stereocenters. The second-order valence-corrected chi connectivity index (χ2v) is 5.35. The Bertz CT molecular complexity index is 588. The molecule has 0 bridgehead atoms. The number of aliphatic hydroxyl groups excluding tert-OH is 1. The average Bonchev–Trinajstić information content (AvgIpc) is 2.54. The lowest BCUT2D eigenvalue weighted by atomic mass is 10.2. The summed E-state index contributed by atoms with van der Waals surface area (Å²) in [6.45, 7) is 0.756. The lowest BCUT2D eigenvalue weighted by Crippen LogP contribution is -1.99. The minimum atomic E-state index is 0.101. The zero-order valence-electron chi connectivity index (χ0n) is 11.7. The SMILES string of the molecule is OCCC#Cc1ccc(OCCSc2ccncc2)cc1. The number of ether oxygens (including phenoxy) is 1. The van der Waals surface area contributed by atoms with Crippen LogP contribution in [0, 0.1) is 11.8 Å². The maximum absolute atomic E-state index is 8.66. The Hall–Kier alpha value is -1.96. The zero-order valence-corrected chi connectivity index (χ0v) is 12.5. The van der Waals surface area contributed by atoms with Crippen molar-refractivity contribution in [1.29, 1.82) is 0 Å². The molecule has 0 saturated heterocycles. The molecule has 0 aliphatic rings. The summed E-state index contributed by atoms with van der Waals surface area (Å²) in [6, 6.07) is 11.7. The van der Waals surface area contributed by atoms with Gasteiger partial charge in [0.05, 0.1) is 13.2 Å². The van der Waals surface area contributed by atoms with Crippen LogP contribution in [-0.2, 0) is 0 Å². The monoisotopic (exact) mass is 299 g/mol. The van der Waals surface area contributed by atoms with Crippen molar-refractivity contribution < 1.29 is 9.84 Å². The molecule has 2 aromatic rings. The van der Waals surface area contributed by atoms with E-state index in [2.05, 4.69) is 16.8 Å².